The highest BCUT2D eigenvalue weighted by Crippen LogP contribution is 2.29. The molecule has 3 nitrogen and oxygen atoms in total. The zero-order valence-electron chi connectivity index (χ0n) is 12.8. The molecule has 112 valence electrons. The third-order valence-electron chi connectivity index (χ3n) is 3.83. The van der Waals surface area contributed by atoms with E-state index in [1.54, 1.807) is 6.92 Å². The van der Waals surface area contributed by atoms with Crippen LogP contribution in [0.2, 0.25) is 0 Å². The Balaban J connectivity index is 2.25. The standard InChI is InChI=1S/C16H25FN2O/c1-11-7-13(5-6-14(11)17)15(8-18)19-9-12(2)20-16(3,4)10-19/h5-7,12,15H,8-10,18H2,1-4H3. The minimum atomic E-state index is -0.180. The van der Waals surface area contributed by atoms with E-state index in [0.29, 0.717) is 12.1 Å². The summed E-state index contributed by atoms with van der Waals surface area (Å²) in [5.41, 5.74) is 7.55. The number of nitrogens with zero attached hydrogens (tertiary/aromatic N) is 1. The minimum Gasteiger partial charge on any atom is -0.370 e. The van der Waals surface area contributed by atoms with E-state index in [1.807, 2.05) is 12.1 Å². The van der Waals surface area contributed by atoms with Crippen LogP contribution in [0.4, 0.5) is 4.39 Å². The second-order valence-electron chi connectivity index (χ2n) is 6.38. The van der Waals surface area contributed by atoms with Crippen LogP contribution >= 0.6 is 0 Å². The highest BCUT2D eigenvalue weighted by Gasteiger charge is 2.34. The topological polar surface area (TPSA) is 38.5 Å². The van der Waals surface area contributed by atoms with Gasteiger partial charge in [-0.05, 0) is 44.9 Å². The van der Waals surface area contributed by atoms with Gasteiger partial charge >= 0.3 is 0 Å². The summed E-state index contributed by atoms with van der Waals surface area (Å²) in [4.78, 5) is 2.35. The lowest BCUT2D eigenvalue weighted by atomic mass is 9.98. The lowest BCUT2D eigenvalue weighted by molar-refractivity contribution is -0.137. The minimum absolute atomic E-state index is 0.111. The monoisotopic (exact) mass is 280 g/mol. The Morgan fingerprint density at radius 1 is 1.50 bits per heavy atom. The Kier molecular flexibility index (Phi) is 4.47. The van der Waals surface area contributed by atoms with E-state index in [1.165, 1.54) is 6.07 Å². The zero-order chi connectivity index (χ0) is 14.9. The molecule has 0 bridgehead atoms. The number of nitrogens with two attached hydrogens (primary N) is 1. The average Bonchev–Trinajstić information content (AvgIpc) is 2.32. The van der Waals surface area contributed by atoms with Crippen LogP contribution in [0.15, 0.2) is 18.2 Å². The van der Waals surface area contributed by atoms with Gasteiger partial charge in [-0.2, -0.15) is 0 Å². The fourth-order valence-corrected chi connectivity index (χ4v) is 3.11. The maximum absolute atomic E-state index is 13.4. The molecule has 0 saturated carbocycles. The molecule has 2 atom stereocenters. The summed E-state index contributed by atoms with van der Waals surface area (Å²) >= 11 is 0. The van der Waals surface area contributed by atoms with Gasteiger partial charge in [0.1, 0.15) is 5.82 Å². The molecular weight excluding hydrogens is 255 g/mol. The smallest absolute Gasteiger partial charge is 0.126 e. The molecule has 1 fully saturated rings. The molecule has 20 heavy (non-hydrogen) atoms. The molecule has 0 spiro atoms. The Hall–Kier alpha value is -0.970. The number of morpholine rings is 1. The Morgan fingerprint density at radius 2 is 2.20 bits per heavy atom. The Morgan fingerprint density at radius 3 is 2.75 bits per heavy atom. The largest absolute Gasteiger partial charge is 0.370 e. The van der Waals surface area contributed by atoms with E-state index in [2.05, 4.69) is 25.7 Å². The van der Waals surface area contributed by atoms with Crippen molar-refractivity contribution in [1.82, 2.24) is 4.90 Å². The molecule has 1 aliphatic rings. The van der Waals surface area contributed by atoms with Crippen molar-refractivity contribution >= 4 is 0 Å². The summed E-state index contributed by atoms with van der Waals surface area (Å²) in [6.45, 7) is 10.3. The van der Waals surface area contributed by atoms with Crippen LogP contribution in [0, 0.1) is 12.7 Å². The molecule has 0 radical (unpaired) electrons. The van der Waals surface area contributed by atoms with Crippen LogP contribution < -0.4 is 5.73 Å². The van der Waals surface area contributed by atoms with Crippen molar-refractivity contribution in [3.05, 3.63) is 35.1 Å². The van der Waals surface area contributed by atoms with E-state index >= 15 is 0 Å². The summed E-state index contributed by atoms with van der Waals surface area (Å²) in [6, 6.07) is 5.38. The predicted molar refractivity (Wildman–Crippen MR) is 79.1 cm³/mol. The summed E-state index contributed by atoms with van der Waals surface area (Å²) in [5.74, 6) is -0.166. The van der Waals surface area contributed by atoms with Gasteiger partial charge in [-0.15, -0.1) is 0 Å². The summed E-state index contributed by atoms with van der Waals surface area (Å²) in [7, 11) is 0. The van der Waals surface area contributed by atoms with E-state index in [9.17, 15) is 4.39 Å². The molecule has 1 saturated heterocycles. The highest BCUT2D eigenvalue weighted by atomic mass is 19.1. The van der Waals surface area contributed by atoms with E-state index < -0.39 is 0 Å². The predicted octanol–water partition coefficient (Wildman–Crippen LogP) is 2.63. The van der Waals surface area contributed by atoms with Crippen molar-refractivity contribution < 1.29 is 9.13 Å². The normalized spacial score (nSPS) is 24.6. The lowest BCUT2D eigenvalue weighted by Crippen LogP contribution is -2.53. The number of halogens is 1. The van der Waals surface area contributed by atoms with Gasteiger partial charge in [0.2, 0.25) is 0 Å². The van der Waals surface area contributed by atoms with Crippen molar-refractivity contribution in [2.75, 3.05) is 19.6 Å². The second-order valence-corrected chi connectivity index (χ2v) is 6.38. The van der Waals surface area contributed by atoms with Crippen molar-refractivity contribution in [2.24, 2.45) is 5.73 Å². The first-order valence-corrected chi connectivity index (χ1v) is 7.20. The molecule has 1 heterocycles. The number of benzene rings is 1. The van der Waals surface area contributed by atoms with Gasteiger partial charge in [0.15, 0.2) is 0 Å². The average molecular weight is 280 g/mol. The van der Waals surface area contributed by atoms with Gasteiger partial charge in [0.25, 0.3) is 0 Å². The fraction of sp³-hybridized carbons (Fsp3) is 0.625. The summed E-state index contributed by atoms with van der Waals surface area (Å²) < 4.78 is 19.4. The molecule has 0 aromatic heterocycles. The quantitative estimate of drug-likeness (QED) is 0.925. The van der Waals surface area contributed by atoms with E-state index in [4.69, 9.17) is 10.5 Å². The van der Waals surface area contributed by atoms with Crippen molar-refractivity contribution in [3.8, 4) is 0 Å². The molecule has 4 heteroatoms. The van der Waals surface area contributed by atoms with Crippen LogP contribution in [0.1, 0.15) is 37.9 Å². The first kappa shape index (κ1) is 15.4. The van der Waals surface area contributed by atoms with Gasteiger partial charge in [-0.25, -0.2) is 4.39 Å². The Labute approximate surface area is 120 Å². The molecule has 2 N–H and O–H groups in total. The molecule has 2 unspecified atom stereocenters. The van der Waals surface area contributed by atoms with Crippen LogP contribution in [0.3, 0.4) is 0 Å². The SMILES string of the molecule is Cc1cc(C(CN)N2CC(C)OC(C)(C)C2)ccc1F. The van der Waals surface area contributed by atoms with E-state index in [0.717, 1.165) is 18.7 Å². The van der Waals surface area contributed by atoms with Gasteiger partial charge in [-0.1, -0.05) is 12.1 Å². The molecule has 1 aromatic rings. The summed E-state index contributed by atoms with van der Waals surface area (Å²) in [6.07, 6.45) is 0.175. The van der Waals surface area contributed by atoms with Crippen molar-refractivity contribution in [2.45, 2.75) is 45.4 Å². The first-order chi connectivity index (χ1) is 9.32. The maximum Gasteiger partial charge on any atom is 0.126 e. The molecule has 2 rings (SSSR count). The molecule has 0 aliphatic carbocycles. The fourth-order valence-electron chi connectivity index (χ4n) is 3.11. The maximum atomic E-state index is 13.4. The number of aryl methyl sites for hydroxylation is 1. The molecule has 1 aliphatic heterocycles. The van der Waals surface area contributed by atoms with Crippen LogP contribution in [-0.2, 0) is 4.74 Å². The number of hydrogen-bond donors (Lipinski definition) is 1. The third kappa shape index (κ3) is 3.37. The zero-order valence-corrected chi connectivity index (χ0v) is 12.8. The lowest BCUT2D eigenvalue weighted by Gasteiger charge is -2.45. The van der Waals surface area contributed by atoms with E-state index in [-0.39, 0.29) is 23.6 Å². The van der Waals surface area contributed by atoms with Crippen LogP contribution in [0.5, 0.6) is 0 Å². The molecule has 1 aromatic carbocycles. The second kappa shape index (κ2) is 5.80. The number of hydrogen-bond acceptors (Lipinski definition) is 3. The Bertz CT molecular complexity index is 476. The van der Waals surface area contributed by atoms with Crippen molar-refractivity contribution in [1.29, 1.82) is 0 Å². The first-order valence-electron chi connectivity index (χ1n) is 7.20. The van der Waals surface area contributed by atoms with Crippen molar-refractivity contribution in [3.63, 3.8) is 0 Å². The third-order valence-corrected chi connectivity index (χ3v) is 3.83. The molecule has 0 amide bonds. The van der Waals surface area contributed by atoms with Gasteiger partial charge in [-0.3, -0.25) is 4.90 Å². The highest BCUT2D eigenvalue weighted by molar-refractivity contribution is 5.27. The van der Waals surface area contributed by atoms with Crippen LogP contribution in [-0.4, -0.2) is 36.2 Å². The summed E-state index contributed by atoms with van der Waals surface area (Å²) in [5, 5.41) is 0. The van der Waals surface area contributed by atoms with Gasteiger partial charge in [0.05, 0.1) is 11.7 Å². The van der Waals surface area contributed by atoms with Gasteiger partial charge < -0.3 is 10.5 Å². The molecular formula is C16H25FN2O. The number of rotatable bonds is 3. The number of ether oxygens (including phenoxy) is 1. The van der Waals surface area contributed by atoms with Crippen LogP contribution in [0.25, 0.3) is 0 Å². The van der Waals surface area contributed by atoms with Gasteiger partial charge in [0, 0.05) is 25.7 Å².